The minimum absolute atomic E-state index is 0.375. The number of benzene rings is 2. The van der Waals surface area contributed by atoms with E-state index in [9.17, 15) is 13.2 Å². The number of hydrogen-bond acceptors (Lipinski definition) is 4. The molecule has 2 aromatic carbocycles. The number of anilines is 1. The summed E-state index contributed by atoms with van der Waals surface area (Å²) in [7, 11) is 0. The number of imidazole rings is 1. The summed E-state index contributed by atoms with van der Waals surface area (Å²) in [4.78, 5) is 11.5. The van der Waals surface area contributed by atoms with Gasteiger partial charge in [0.1, 0.15) is 5.69 Å². The number of rotatable bonds is 4. The first-order chi connectivity index (χ1) is 14.9. The maximum atomic E-state index is 13.1. The van der Waals surface area contributed by atoms with Gasteiger partial charge >= 0.3 is 6.18 Å². The summed E-state index contributed by atoms with van der Waals surface area (Å²) < 4.78 is 41.3. The first-order valence-corrected chi connectivity index (χ1v) is 11.2. The number of fused-ring (bicyclic) bond motifs is 1. The molecular weight excluding hydrogens is 445 g/mol. The Hall–Kier alpha value is -2.45. The van der Waals surface area contributed by atoms with Crippen molar-refractivity contribution in [2.75, 3.05) is 4.90 Å². The van der Waals surface area contributed by atoms with Gasteiger partial charge in [0.25, 0.3) is 0 Å². The molecule has 1 fully saturated rings. The van der Waals surface area contributed by atoms with Crippen LogP contribution >= 0.6 is 23.4 Å². The second kappa shape index (κ2) is 7.91. The van der Waals surface area contributed by atoms with E-state index in [1.54, 1.807) is 6.07 Å². The van der Waals surface area contributed by atoms with Crippen LogP contribution in [0.25, 0.3) is 0 Å². The predicted molar refractivity (Wildman–Crippen MR) is 118 cm³/mol. The second-order valence-corrected chi connectivity index (χ2v) is 8.98. The molecule has 1 aliphatic carbocycles. The summed E-state index contributed by atoms with van der Waals surface area (Å²) in [6.45, 7) is 0.547. The van der Waals surface area contributed by atoms with E-state index in [0.29, 0.717) is 28.9 Å². The summed E-state index contributed by atoms with van der Waals surface area (Å²) in [5.74, 6) is 1.22. The molecule has 2 heterocycles. The molecular formula is C22H18ClF3N4S. The Labute approximate surface area is 186 Å². The molecule has 1 aliphatic heterocycles. The highest BCUT2D eigenvalue weighted by atomic mass is 35.5. The number of alkyl halides is 3. The van der Waals surface area contributed by atoms with Crippen LogP contribution in [0.5, 0.6) is 0 Å². The SMILES string of the molecule is FC(F)(F)c1cccc(CSC2=Nc3c(ncn3C3CC3)CN2c2ccc(Cl)cc2)c1. The van der Waals surface area contributed by atoms with Crippen LogP contribution in [0.3, 0.4) is 0 Å². The molecule has 5 rings (SSSR count). The molecule has 160 valence electrons. The number of hydrogen-bond donors (Lipinski definition) is 0. The lowest BCUT2D eigenvalue weighted by molar-refractivity contribution is -0.137. The van der Waals surface area contributed by atoms with E-state index in [0.717, 1.165) is 41.3 Å². The van der Waals surface area contributed by atoms with Crippen molar-refractivity contribution in [3.63, 3.8) is 0 Å². The fourth-order valence-electron chi connectivity index (χ4n) is 3.53. The van der Waals surface area contributed by atoms with Crippen molar-refractivity contribution in [3.8, 4) is 0 Å². The Balaban J connectivity index is 1.45. The maximum Gasteiger partial charge on any atom is 0.416 e. The Morgan fingerprint density at radius 3 is 2.58 bits per heavy atom. The van der Waals surface area contributed by atoms with Gasteiger partial charge in [-0.15, -0.1) is 0 Å². The van der Waals surface area contributed by atoms with Gasteiger partial charge < -0.3 is 9.47 Å². The topological polar surface area (TPSA) is 33.4 Å². The maximum absolute atomic E-state index is 13.1. The molecule has 0 spiro atoms. The molecule has 0 N–H and O–H groups in total. The molecule has 0 atom stereocenters. The lowest BCUT2D eigenvalue weighted by Gasteiger charge is -2.28. The fourth-order valence-corrected chi connectivity index (χ4v) is 4.61. The van der Waals surface area contributed by atoms with E-state index in [1.165, 1.54) is 23.9 Å². The number of amidine groups is 1. The second-order valence-electron chi connectivity index (χ2n) is 7.60. The lowest BCUT2D eigenvalue weighted by atomic mass is 10.1. The number of aromatic nitrogens is 2. The number of halogens is 4. The molecule has 0 radical (unpaired) electrons. The van der Waals surface area contributed by atoms with Gasteiger partial charge in [-0.3, -0.25) is 0 Å². The van der Waals surface area contributed by atoms with Crippen LogP contribution < -0.4 is 4.90 Å². The molecule has 0 amide bonds. The predicted octanol–water partition coefficient (Wildman–Crippen LogP) is 6.83. The van der Waals surface area contributed by atoms with E-state index in [1.807, 2.05) is 35.5 Å². The summed E-state index contributed by atoms with van der Waals surface area (Å²) in [6.07, 6.45) is -0.284. The van der Waals surface area contributed by atoms with Crippen molar-refractivity contribution in [1.82, 2.24) is 9.55 Å². The van der Waals surface area contributed by atoms with Gasteiger partial charge in [-0.2, -0.15) is 13.2 Å². The standard InChI is InChI=1S/C22H18ClF3N4S/c23-16-4-6-17(7-5-16)29-11-19-20(30(13-27-19)18-8-9-18)28-21(29)31-12-14-2-1-3-15(10-14)22(24,25)26/h1-7,10,13,18H,8-9,11-12H2. The van der Waals surface area contributed by atoms with Crippen LogP contribution in [-0.4, -0.2) is 14.7 Å². The molecule has 3 aromatic rings. The summed E-state index contributed by atoms with van der Waals surface area (Å²) in [6, 6.07) is 13.3. The van der Waals surface area contributed by atoms with Crippen LogP contribution in [0.4, 0.5) is 24.7 Å². The molecule has 2 aliphatic rings. The van der Waals surface area contributed by atoms with Gasteiger partial charge in [0, 0.05) is 22.5 Å². The zero-order valence-electron chi connectivity index (χ0n) is 16.3. The van der Waals surface area contributed by atoms with Crippen molar-refractivity contribution >= 4 is 40.0 Å². The first-order valence-electron chi connectivity index (χ1n) is 9.85. The highest BCUT2D eigenvalue weighted by molar-refractivity contribution is 8.13. The number of thioether (sulfide) groups is 1. The number of aliphatic imine (C=N–C) groups is 1. The van der Waals surface area contributed by atoms with Crippen molar-refractivity contribution in [2.45, 2.75) is 37.4 Å². The molecule has 1 saturated carbocycles. The van der Waals surface area contributed by atoms with E-state index in [4.69, 9.17) is 16.6 Å². The normalized spacial score (nSPS) is 16.3. The fraction of sp³-hybridized carbons (Fsp3) is 0.273. The summed E-state index contributed by atoms with van der Waals surface area (Å²) >= 11 is 7.46. The van der Waals surface area contributed by atoms with Crippen LogP contribution in [0.2, 0.25) is 5.02 Å². The van der Waals surface area contributed by atoms with E-state index < -0.39 is 11.7 Å². The van der Waals surface area contributed by atoms with Crippen LogP contribution in [-0.2, 0) is 18.5 Å². The lowest BCUT2D eigenvalue weighted by Crippen LogP contribution is -2.31. The highest BCUT2D eigenvalue weighted by Crippen LogP contribution is 2.42. The Bertz CT molecular complexity index is 1140. The van der Waals surface area contributed by atoms with Crippen molar-refractivity contribution in [2.24, 2.45) is 4.99 Å². The third kappa shape index (κ3) is 4.32. The van der Waals surface area contributed by atoms with Crippen molar-refractivity contribution in [1.29, 1.82) is 0 Å². The molecule has 4 nitrogen and oxygen atoms in total. The zero-order valence-corrected chi connectivity index (χ0v) is 17.9. The smallest absolute Gasteiger partial charge is 0.315 e. The van der Waals surface area contributed by atoms with E-state index in [-0.39, 0.29) is 0 Å². The highest BCUT2D eigenvalue weighted by Gasteiger charge is 2.32. The van der Waals surface area contributed by atoms with Crippen molar-refractivity contribution in [3.05, 3.63) is 76.7 Å². The van der Waals surface area contributed by atoms with E-state index in [2.05, 4.69) is 9.55 Å². The third-order valence-electron chi connectivity index (χ3n) is 5.28. The Kier molecular flexibility index (Phi) is 5.22. The van der Waals surface area contributed by atoms with Crippen LogP contribution in [0, 0.1) is 0 Å². The van der Waals surface area contributed by atoms with Crippen LogP contribution in [0.15, 0.2) is 59.9 Å². The largest absolute Gasteiger partial charge is 0.416 e. The zero-order chi connectivity index (χ0) is 21.6. The quantitative estimate of drug-likeness (QED) is 0.426. The van der Waals surface area contributed by atoms with Gasteiger partial charge in [-0.1, -0.05) is 41.6 Å². The molecule has 0 bridgehead atoms. The monoisotopic (exact) mass is 462 g/mol. The molecule has 0 saturated heterocycles. The molecule has 9 heteroatoms. The first kappa shape index (κ1) is 20.5. The minimum Gasteiger partial charge on any atom is -0.315 e. The molecule has 0 unspecified atom stereocenters. The third-order valence-corrected chi connectivity index (χ3v) is 6.58. The number of nitrogens with zero attached hydrogens (tertiary/aromatic N) is 4. The van der Waals surface area contributed by atoms with Crippen LogP contribution in [0.1, 0.15) is 35.7 Å². The van der Waals surface area contributed by atoms with Gasteiger partial charge in [0.05, 0.1) is 18.4 Å². The average Bonchev–Trinajstić information content (AvgIpc) is 3.51. The van der Waals surface area contributed by atoms with Gasteiger partial charge in [-0.05, 0) is 48.7 Å². The van der Waals surface area contributed by atoms with E-state index >= 15 is 0 Å². The molecule has 1 aromatic heterocycles. The Morgan fingerprint density at radius 2 is 1.87 bits per heavy atom. The summed E-state index contributed by atoms with van der Waals surface area (Å²) in [5.41, 5.74) is 1.76. The van der Waals surface area contributed by atoms with Gasteiger partial charge in [-0.25, -0.2) is 9.98 Å². The van der Waals surface area contributed by atoms with Gasteiger partial charge in [0.15, 0.2) is 11.0 Å². The van der Waals surface area contributed by atoms with Gasteiger partial charge in [0.2, 0.25) is 0 Å². The molecule has 31 heavy (non-hydrogen) atoms. The average molecular weight is 463 g/mol. The Morgan fingerprint density at radius 1 is 1.10 bits per heavy atom. The summed E-state index contributed by atoms with van der Waals surface area (Å²) in [5, 5.41) is 1.37. The van der Waals surface area contributed by atoms with Crippen molar-refractivity contribution < 1.29 is 13.2 Å². The minimum atomic E-state index is -4.36.